The van der Waals surface area contributed by atoms with Crippen molar-refractivity contribution in [2.24, 2.45) is 0 Å². The molecule has 154 valence electrons. The first-order valence-electron chi connectivity index (χ1n) is 9.70. The van der Waals surface area contributed by atoms with Gasteiger partial charge in [-0.15, -0.1) is 0 Å². The van der Waals surface area contributed by atoms with Gasteiger partial charge in [0, 0.05) is 23.4 Å². The van der Waals surface area contributed by atoms with Gasteiger partial charge in [-0.3, -0.25) is 4.90 Å². The molecular formula is C20H23FN4O3S. The van der Waals surface area contributed by atoms with Crippen LogP contribution in [0.4, 0.5) is 15.0 Å². The Bertz CT molecular complexity index is 1080. The second kappa shape index (κ2) is 7.37. The van der Waals surface area contributed by atoms with Crippen LogP contribution in [0.25, 0.3) is 11.3 Å². The van der Waals surface area contributed by atoms with Gasteiger partial charge in [0.15, 0.2) is 0 Å². The summed E-state index contributed by atoms with van der Waals surface area (Å²) in [6.45, 7) is 1.93. The number of hydrogen-bond acceptors (Lipinski definition) is 5. The van der Waals surface area contributed by atoms with Gasteiger partial charge >= 0.3 is 6.03 Å². The molecule has 2 heterocycles. The Kier molecular flexibility index (Phi) is 5.02. The molecule has 1 fully saturated rings. The lowest BCUT2D eigenvalue weighted by Gasteiger charge is -2.37. The molecule has 1 aromatic heterocycles. The maximum Gasteiger partial charge on any atom is 0.323 e. The van der Waals surface area contributed by atoms with Crippen LogP contribution in [0.15, 0.2) is 23.4 Å². The van der Waals surface area contributed by atoms with Crippen molar-refractivity contribution < 1.29 is 17.6 Å². The first kappa shape index (κ1) is 19.8. The molecule has 0 spiro atoms. The summed E-state index contributed by atoms with van der Waals surface area (Å²) in [7, 11) is -3.71. The highest BCUT2D eigenvalue weighted by Crippen LogP contribution is 2.37. The third-order valence-corrected chi connectivity index (χ3v) is 6.39. The Labute approximate surface area is 169 Å². The Hall–Kier alpha value is -2.55. The van der Waals surface area contributed by atoms with E-state index in [1.807, 2.05) is 0 Å². The highest BCUT2D eigenvalue weighted by Gasteiger charge is 2.36. The Morgan fingerprint density at radius 3 is 2.55 bits per heavy atom. The third kappa shape index (κ3) is 3.71. The second-order valence-corrected chi connectivity index (χ2v) is 9.62. The lowest BCUT2D eigenvalue weighted by molar-refractivity contribution is 0.238. The number of urea groups is 1. The van der Waals surface area contributed by atoms with Gasteiger partial charge in [0.1, 0.15) is 11.6 Å². The van der Waals surface area contributed by atoms with Crippen LogP contribution in [0, 0.1) is 12.7 Å². The van der Waals surface area contributed by atoms with Crippen LogP contribution >= 0.6 is 0 Å². The molecule has 1 saturated carbocycles. The Balaban J connectivity index is 1.95. The molecule has 0 radical (unpaired) electrons. The van der Waals surface area contributed by atoms with Crippen molar-refractivity contribution in [2.45, 2.75) is 56.8 Å². The van der Waals surface area contributed by atoms with Crippen LogP contribution in [0.3, 0.4) is 0 Å². The summed E-state index contributed by atoms with van der Waals surface area (Å²) in [6, 6.07) is 3.97. The summed E-state index contributed by atoms with van der Waals surface area (Å²) in [4.78, 5) is 23.0. The van der Waals surface area contributed by atoms with E-state index in [0.717, 1.165) is 38.4 Å². The molecule has 1 aromatic carbocycles. The van der Waals surface area contributed by atoms with Crippen molar-refractivity contribution in [2.75, 3.05) is 11.2 Å². The highest BCUT2D eigenvalue weighted by molar-refractivity contribution is 7.90. The van der Waals surface area contributed by atoms with Gasteiger partial charge in [-0.2, -0.15) is 0 Å². The highest BCUT2D eigenvalue weighted by atomic mass is 32.2. The topological polar surface area (TPSA) is 92.3 Å². The maximum atomic E-state index is 13.6. The quantitative estimate of drug-likeness (QED) is 0.772. The molecule has 1 aliphatic heterocycles. The fraction of sp³-hybridized carbons (Fsp3) is 0.450. The summed E-state index contributed by atoms with van der Waals surface area (Å²) in [6.07, 6.45) is 5.88. The average Bonchev–Trinajstić information content (AvgIpc) is 2.67. The molecule has 29 heavy (non-hydrogen) atoms. The smallest absolute Gasteiger partial charge is 0.323 e. The standard InChI is InChI=1S/C20H23FN4O3S/c1-12-10-13(21)8-9-15(12)17-16-11-22-20(26)25(14-6-4-3-5-7-14)18(16)24-19(23-17)29(2,27)28/h8-10,14H,3-7,11H2,1-2H3,(H,22,26). The van der Waals surface area contributed by atoms with E-state index in [4.69, 9.17) is 0 Å². The molecule has 7 nitrogen and oxygen atoms in total. The molecule has 0 bridgehead atoms. The van der Waals surface area contributed by atoms with Gasteiger partial charge in [-0.05, 0) is 43.5 Å². The molecule has 4 rings (SSSR count). The Morgan fingerprint density at radius 2 is 1.90 bits per heavy atom. The van der Waals surface area contributed by atoms with E-state index in [1.165, 1.54) is 12.1 Å². The number of aromatic nitrogens is 2. The van der Waals surface area contributed by atoms with Gasteiger partial charge in [0.05, 0.1) is 12.2 Å². The van der Waals surface area contributed by atoms with Gasteiger partial charge in [0.25, 0.3) is 0 Å². The fourth-order valence-corrected chi connectivity index (χ4v) is 4.63. The minimum absolute atomic E-state index is 0.0349. The molecule has 1 N–H and O–H groups in total. The van der Waals surface area contributed by atoms with Gasteiger partial charge in [-0.1, -0.05) is 19.3 Å². The monoisotopic (exact) mass is 418 g/mol. The van der Waals surface area contributed by atoms with E-state index >= 15 is 0 Å². The fourth-order valence-electron chi connectivity index (χ4n) is 4.12. The summed E-state index contributed by atoms with van der Waals surface area (Å²) >= 11 is 0. The predicted molar refractivity (Wildman–Crippen MR) is 107 cm³/mol. The number of halogens is 1. The number of nitrogens with zero attached hydrogens (tertiary/aromatic N) is 3. The summed E-state index contributed by atoms with van der Waals surface area (Å²) in [5, 5.41) is 2.54. The molecule has 9 heteroatoms. The van der Waals surface area contributed by atoms with Crippen molar-refractivity contribution >= 4 is 21.7 Å². The number of amides is 2. The van der Waals surface area contributed by atoms with Crippen LogP contribution in [0.1, 0.15) is 43.2 Å². The summed E-state index contributed by atoms with van der Waals surface area (Å²) < 4.78 is 38.2. The zero-order valence-corrected chi connectivity index (χ0v) is 17.2. The van der Waals surface area contributed by atoms with E-state index in [-0.39, 0.29) is 29.6 Å². The summed E-state index contributed by atoms with van der Waals surface area (Å²) in [5.41, 5.74) is 2.31. The van der Waals surface area contributed by atoms with Crippen LogP contribution in [0.2, 0.25) is 0 Å². The van der Waals surface area contributed by atoms with Crippen molar-refractivity contribution in [3.8, 4) is 11.3 Å². The molecular weight excluding hydrogens is 395 g/mol. The molecule has 2 aliphatic rings. The first-order chi connectivity index (χ1) is 13.8. The number of aryl methyl sites for hydroxylation is 1. The number of rotatable bonds is 3. The van der Waals surface area contributed by atoms with Crippen LogP contribution < -0.4 is 10.2 Å². The number of carbonyl (C=O) groups excluding carboxylic acids is 1. The van der Waals surface area contributed by atoms with E-state index < -0.39 is 9.84 Å². The first-order valence-corrected chi connectivity index (χ1v) is 11.6. The van der Waals surface area contributed by atoms with Crippen LogP contribution in [0.5, 0.6) is 0 Å². The van der Waals surface area contributed by atoms with Crippen molar-refractivity contribution in [3.63, 3.8) is 0 Å². The maximum absolute atomic E-state index is 13.6. The zero-order valence-electron chi connectivity index (χ0n) is 16.4. The van der Waals surface area contributed by atoms with E-state index in [1.54, 1.807) is 17.9 Å². The van der Waals surface area contributed by atoms with Crippen molar-refractivity contribution in [3.05, 3.63) is 35.1 Å². The van der Waals surface area contributed by atoms with E-state index in [2.05, 4.69) is 15.3 Å². The lowest BCUT2D eigenvalue weighted by Crippen LogP contribution is -2.51. The second-order valence-electron chi connectivity index (χ2n) is 7.71. The van der Waals surface area contributed by atoms with E-state index in [9.17, 15) is 17.6 Å². The number of carbonyl (C=O) groups is 1. The van der Waals surface area contributed by atoms with Crippen LogP contribution in [-0.2, 0) is 16.4 Å². The summed E-state index contributed by atoms with van der Waals surface area (Å²) in [5.74, 6) is -0.0376. The lowest BCUT2D eigenvalue weighted by atomic mass is 9.93. The number of nitrogens with one attached hydrogen (secondary N) is 1. The Morgan fingerprint density at radius 1 is 1.17 bits per heavy atom. The van der Waals surface area contributed by atoms with Crippen molar-refractivity contribution in [1.82, 2.24) is 15.3 Å². The predicted octanol–water partition coefficient (Wildman–Crippen LogP) is 3.36. The van der Waals surface area contributed by atoms with Gasteiger partial charge in [-0.25, -0.2) is 27.6 Å². The molecule has 0 unspecified atom stereocenters. The normalized spacial score (nSPS) is 17.8. The van der Waals surface area contributed by atoms with Gasteiger partial charge in [0.2, 0.25) is 15.0 Å². The minimum atomic E-state index is -3.71. The van der Waals surface area contributed by atoms with Crippen LogP contribution in [-0.4, -0.2) is 36.7 Å². The number of benzene rings is 1. The largest absolute Gasteiger partial charge is 0.333 e. The SMILES string of the molecule is Cc1cc(F)ccc1-c1nc(S(C)(=O)=O)nc2c1CNC(=O)N2C1CCCCC1. The number of fused-ring (bicyclic) bond motifs is 1. The number of hydrogen-bond donors (Lipinski definition) is 1. The number of sulfone groups is 1. The molecule has 2 aromatic rings. The molecule has 2 amide bonds. The number of anilines is 1. The zero-order chi connectivity index (χ0) is 20.8. The minimum Gasteiger partial charge on any atom is -0.333 e. The molecule has 0 atom stereocenters. The molecule has 0 saturated heterocycles. The van der Waals surface area contributed by atoms with Gasteiger partial charge < -0.3 is 5.32 Å². The molecule has 1 aliphatic carbocycles. The third-order valence-electron chi connectivity index (χ3n) is 5.54. The van der Waals surface area contributed by atoms with Crippen molar-refractivity contribution in [1.29, 1.82) is 0 Å². The average molecular weight is 418 g/mol. The van der Waals surface area contributed by atoms with E-state index in [0.29, 0.717) is 28.2 Å².